The van der Waals surface area contributed by atoms with Gasteiger partial charge in [0.15, 0.2) is 11.5 Å². The molecule has 1 N–H and O–H groups in total. The summed E-state index contributed by atoms with van der Waals surface area (Å²) in [5.74, 6) is -0.0580. The van der Waals surface area contributed by atoms with Crippen LogP contribution < -0.4 is 19.5 Å². The number of benzene rings is 5. The minimum Gasteiger partial charge on any atom is -0.489 e. The molecule has 1 unspecified atom stereocenters. The van der Waals surface area contributed by atoms with E-state index in [1.54, 1.807) is 0 Å². The first-order chi connectivity index (χ1) is 24.8. The van der Waals surface area contributed by atoms with Gasteiger partial charge in [0.1, 0.15) is 31.7 Å². The Labute approximate surface area is 296 Å². The van der Waals surface area contributed by atoms with Crippen molar-refractivity contribution < 1.29 is 36.9 Å². The number of aryl methyl sites for hydroxylation is 1. The van der Waals surface area contributed by atoms with Crippen LogP contribution in [0.2, 0.25) is 0 Å². The lowest BCUT2D eigenvalue weighted by molar-refractivity contribution is -0.174. The number of rotatable bonds is 17. The van der Waals surface area contributed by atoms with Crippen LogP contribution in [-0.2, 0) is 35.8 Å². The number of carbonyl (C=O) groups excluding carboxylic acids is 1. The third-order valence-corrected chi connectivity index (χ3v) is 8.70. The summed E-state index contributed by atoms with van der Waals surface area (Å²) >= 11 is 0. The summed E-state index contributed by atoms with van der Waals surface area (Å²) in [6, 6.07) is 42.0. The minimum atomic E-state index is -4.96. The molecular weight excluding hydrogens is 655 g/mol. The Morgan fingerprint density at radius 3 is 1.76 bits per heavy atom. The Kier molecular flexibility index (Phi) is 11.9. The fraction of sp³-hybridized carbons (Fsp3) is 0.262. The van der Waals surface area contributed by atoms with Crippen molar-refractivity contribution in [2.45, 2.75) is 69.9 Å². The molecule has 3 atom stereocenters. The predicted molar refractivity (Wildman–Crippen MR) is 188 cm³/mol. The fourth-order valence-electron chi connectivity index (χ4n) is 5.82. The third-order valence-electron chi connectivity index (χ3n) is 8.70. The average molecular weight is 696 g/mol. The molecular formula is C42H40F3NO5. The highest BCUT2D eigenvalue weighted by atomic mass is 19.4. The highest BCUT2D eigenvalue weighted by Gasteiger charge is 2.42. The average Bonchev–Trinajstić information content (AvgIpc) is 3.94. The van der Waals surface area contributed by atoms with Crippen LogP contribution in [0.25, 0.3) is 0 Å². The summed E-state index contributed by atoms with van der Waals surface area (Å²) in [4.78, 5) is 11.9. The molecule has 1 amide bonds. The van der Waals surface area contributed by atoms with Crippen molar-refractivity contribution in [2.75, 3.05) is 0 Å². The molecule has 5 aromatic carbocycles. The Morgan fingerprint density at radius 1 is 0.647 bits per heavy atom. The third kappa shape index (κ3) is 10.9. The molecule has 0 aromatic heterocycles. The maximum absolute atomic E-state index is 13.2. The van der Waals surface area contributed by atoms with Crippen LogP contribution in [0, 0.1) is 0 Å². The van der Waals surface area contributed by atoms with Gasteiger partial charge >= 0.3 is 12.1 Å². The van der Waals surface area contributed by atoms with Crippen molar-refractivity contribution in [1.82, 2.24) is 5.32 Å². The predicted octanol–water partition coefficient (Wildman–Crippen LogP) is 9.32. The van der Waals surface area contributed by atoms with E-state index in [4.69, 9.17) is 18.9 Å². The molecule has 0 spiro atoms. The molecule has 0 radical (unpaired) electrons. The number of halogens is 3. The maximum atomic E-state index is 13.2. The second-order valence-electron chi connectivity index (χ2n) is 12.6. The molecule has 1 fully saturated rings. The second-order valence-corrected chi connectivity index (χ2v) is 12.6. The zero-order valence-corrected chi connectivity index (χ0v) is 28.1. The molecule has 264 valence electrons. The Balaban J connectivity index is 1.06. The van der Waals surface area contributed by atoms with Crippen LogP contribution in [0.15, 0.2) is 133 Å². The Morgan fingerprint density at radius 2 is 1.20 bits per heavy atom. The van der Waals surface area contributed by atoms with Gasteiger partial charge in [0, 0.05) is 6.04 Å². The van der Waals surface area contributed by atoms with Crippen molar-refractivity contribution >= 4 is 5.91 Å². The fourth-order valence-corrected chi connectivity index (χ4v) is 5.82. The van der Waals surface area contributed by atoms with Gasteiger partial charge in [-0.25, -0.2) is 0 Å². The Bertz CT molecular complexity index is 1820. The van der Waals surface area contributed by atoms with Crippen molar-refractivity contribution in [3.05, 3.63) is 161 Å². The normalized spacial score (nSPS) is 15.8. The van der Waals surface area contributed by atoms with E-state index in [1.807, 2.05) is 133 Å². The van der Waals surface area contributed by atoms with E-state index >= 15 is 0 Å². The van der Waals surface area contributed by atoms with Gasteiger partial charge in [-0.2, -0.15) is 13.2 Å². The molecule has 1 heterocycles. The van der Waals surface area contributed by atoms with E-state index in [2.05, 4.69) is 5.32 Å². The lowest BCUT2D eigenvalue weighted by Gasteiger charge is -2.19. The molecule has 0 saturated carbocycles. The minimum absolute atomic E-state index is 0.200. The van der Waals surface area contributed by atoms with Gasteiger partial charge in [0.05, 0.1) is 6.10 Å². The molecule has 5 aromatic rings. The zero-order chi connectivity index (χ0) is 35.5. The molecule has 0 bridgehead atoms. The van der Waals surface area contributed by atoms with Gasteiger partial charge in [-0.15, -0.1) is 0 Å². The monoisotopic (exact) mass is 695 g/mol. The van der Waals surface area contributed by atoms with Crippen LogP contribution >= 0.6 is 0 Å². The lowest BCUT2D eigenvalue weighted by atomic mass is 9.98. The SMILES string of the molecule is O=C(NC(CCc1ccc(OCc2ccccc2)cc1)CC[C@@H]1O[C@H]1c1ccc(OCc2ccccc2)c(OCc2ccccc2)c1)C(F)(F)F. The smallest absolute Gasteiger partial charge is 0.471 e. The number of alkyl halides is 3. The van der Waals surface area contributed by atoms with Gasteiger partial charge < -0.3 is 24.3 Å². The number of hydrogen-bond acceptors (Lipinski definition) is 5. The topological polar surface area (TPSA) is 69.3 Å². The summed E-state index contributed by atoms with van der Waals surface area (Å²) in [5, 5.41) is 2.21. The lowest BCUT2D eigenvalue weighted by Crippen LogP contribution is -2.43. The molecule has 6 rings (SSSR count). The Hall–Kier alpha value is -5.28. The van der Waals surface area contributed by atoms with E-state index in [-0.39, 0.29) is 12.2 Å². The van der Waals surface area contributed by atoms with E-state index in [0.29, 0.717) is 62.8 Å². The van der Waals surface area contributed by atoms with E-state index < -0.39 is 18.1 Å². The van der Waals surface area contributed by atoms with Crippen LogP contribution in [-0.4, -0.2) is 24.2 Å². The van der Waals surface area contributed by atoms with Gasteiger partial charge in [-0.05, 0) is 77.8 Å². The van der Waals surface area contributed by atoms with Crippen LogP contribution in [0.1, 0.15) is 53.2 Å². The number of amides is 1. The molecule has 0 aliphatic carbocycles. The van der Waals surface area contributed by atoms with Gasteiger partial charge in [0.2, 0.25) is 0 Å². The zero-order valence-electron chi connectivity index (χ0n) is 28.1. The van der Waals surface area contributed by atoms with Crippen molar-refractivity contribution in [2.24, 2.45) is 0 Å². The molecule has 1 saturated heterocycles. The first-order valence-electron chi connectivity index (χ1n) is 17.1. The first kappa shape index (κ1) is 35.5. The standard InChI is InChI=1S/C42H40F3NO5/c43-42(44,45)41(47)46-35(20-16-30-17-22-36(23-18-30)48-27-31-10-4-1-5-11-31)21-25-38-40(51-38)34-19-24-37(49-28-32-12-6-2-7-13-32)39(26-34)50-29-33-14-8-3-9-15-33/h1-15,17-19,22-24,26,35,38,40H,16,20-21,25,27-29H2,(H,46,47)/t35?,38-,40-/m0/s1. The quantitative estimate of drug-likeness (QED) is 0.0983. The second kappa shape index (κ2) is 17.1. The number of nitrogens with one attached hydrogen (secondary N) is 1. The van der Waals surface area contributed by atoms with Crippen LogP contribution in [0.5, 0.6) is 17.2 Å². The van der Waals surface area contributed by atoms with Crippen LogP contribution in [0.4, 0.5) is 13.2 Å². The summed E-state index contributed by atoms with van der Waals surface area (Å²) < 4.78 is 63.9. The highest BCUT2D eigenvalue weighted by Crippen LogP contribution is 2.44. The van der Waals surface area contributed by atoms with E-state index in [9.17, 15) is 18.0 Å². The molecule has 51 heavy (non-hydrogen) atoms. The highest BCUT2D eigenvalue weighted by molar-refractivity contribution is 5.81. The van der Waals surface area contributed by atoms with Gasteiger partial charge in [-0.1, -0.05) is 109 Å². The number of epoxide rings is 1. The van der Waals surface area contributed by atoms with Crippen molar-refractivity contribution in [3.8, 4) is 17.2 Å². The molecule has 1 aliphatic heterocycles. The number of carbonyl (C=O) groups is 1. The van der Waals surface area contributed by atoms with Crippen molar-refractivity contribution in [1.29, 1.82) is 0 Å². The largest absolute Gasteiger partial charge is 0.489 e. The van der Waals surface area contributed by atoms with Crippen molar-refractivity contribution in [3.63, 3.8) is 0 Å². The summed E-state index contributed by atoms with van der Waals surface area (Å²) in [6.45, 7) is 1.16. The molecule has 9 heteroatoms. The van der Waals surface area contributed by atoms with E-state index in [1.165, 1.54) is 0 Å². The molecule has 1 aliphatic rings. The summed E-state index contributed by atoms with van der Waals surface area (Å²) in [7, 11) is 0. The number of ether oxygens (including phenoxy) is 4. The van der Waals surface area contributed by atoms with Gasteiger partial charge in [-0.3, -0.25) is 4.79 Å². The van der Waals surface area contributed by atoms with Gasteiger partial charge in [0.25, 0.3) is 0 Å². The first-order valence-corrected chi connectivity index (χ1v) is 17.1. The molecule has 6 nitrogen and oxygen atoms in total. The van der Waals surface area contributed by atoms with E-state index in [0.717, 1.165) is 27.8 Å². The van der Waals surface area contributed by atoms with Crippen LogP contribution in [0.3, 0.4) is 0 Å². The number of hydrogen-bond donors (Lipinski definition) is 1. The maximum Gasteiger partial charge on any atom is 0.471 e. The summed E-state index contributed by atoms with van der Waals surface area (Å²) in [6.07, 6.45) is -3.76. The summed E-state index contributed by atoms with van der Waals surface area (Å²) in [5.41, 5.74) is 4.91.